The van der Waals surface area contributed by atoms with E-state index in [2.05, 4.69) is 0 Å². The van der Waals surface area contributed by atoms with Crippen LogP contribution in [-0.2, 0) is 9.84 Å². The molecule has 2 nitrogen and oxygen atoms in total. The molecule has 0 saturated carbocycles. The number of benzene rings is 1. The molecule has 0 unspecified atom stereocenters. The van der Waals surface area contributed by atoms with E-state index in [4.69, 9.17) is 18.0 Å². The molecule has 0 N–H and O–H groups in total. The molecule has 0 amide bonds. The van der Waals surface area contributed by atoms with E-state index in [1.54, 1.807) is 5.25 Å². The van der Waals surface area contributed by atoms with Crippen molar-refractivity contribution in [3.63, 3.8) is 0 Å². The molecule has 0 saturated heterocycles. The summed E-state index contributed by atoms with van der Waals surface area (Å²) in [6.45, 7) is 0. The van der Waals surface area contributed by atoms with E-state index in [0.29, 0.717) is 5.02 Å². The van der Waals surface area contributed by atoms with Crippen LogP contribution in [0.1, 0.15) is 0 Å². The van der Waals surface area contributed by atoms with E-state index in [1.807, 2.05) is 0 Å². The highest BCUT2D eigenvalue weighted by Gasteiger charge is 2.08. The van der Waals surface area contributed by atoms with Crippen LogP contribution in [0.4, 0.5) is 0 Å². The summed E-state index contributed by atoms with van der Waals surface area (Å²) in [6.07, 6.45) is 4.81. The van der Waals surface area contributed by atoms with Crippen LogP contribution in [0.25, 0.3) is 0 Å². The molecular weight excluding hydrogens is 196 g/mol. The molecule has 1 aromatic carbocycles. The van der Waals surface area contributed by atoms with Crippen molar-refractivity contribution < 1.29 is 8.42 Å². The first-order valence-electron chi connectivity index (χ1n) is 3.04. The largest absolute Gasteiger partial charge is 0.244 e. The third kappa shape index (κ3) is 1.79. The lowest BCUT2D eigenvalue weighted by Crippen LogP contribution is -1.95. The Hall–Kier alpha value is -0.980. The zero-order chi connectivity index (χ0) is 9.19. The van der Waals surface area contributed by atoms with Crippen LogP contribution in [0, 0.1) is 11.7 Å². The molecule has 0 radical (unpaired) electrons. The Balaban J connectivity index is 3.26. The van der Waals surface area contributed by atoms with Crippen molar-refractivity contribution in [1.82, 2.24) is 0 Å². The first kappa shape index (κ1) is 9.11. The molecule has 0 aliphatic carbocycles. The normalized spacial score (nSPS) is 10.7. The van der Waals surface area contributed by atoms with E-state index in [-0.39, 0.29) is 4.90 Å². The molecule has 4 heteroatoms. The van der Waals surface area contributed by atoms with Crippen LogP contribution >= 0.6 is 11.6 Å². The standard InChI is InChI=1S/C8H5ClO2S/c1-2-12(10,11)8-5-3-7(9)4-6-8/h1,3-6H. The van der Waals surface area contributed by atoms with Gasteiger partial charge < -0.3 is 0 Å². The summed E-state index contributed by atoms with van der Waals surface area (Å²) >= 11 is 5.56. The summed E-state index contributed by atoms with van der Waals surface area (Å²) in [5.74, 6) is 0. The molecule has 1 rings (SSSR count). The number of rotatable bonds is 1. The Morgan fingerprint density at radius 2 is 1.75 bits per heavy atom. The molecule has 0 spiro atoms. The van der Waals surface area contributed by atoms with E-state index in [9.17, 15) is 8.42 Å². The van der Waals surface area contributed by atoms with Gasteiger partial charge in [0.2, 0.25) is 9.84 Å². The number of hydrogen-bond acceptors (Lipinski definition) is 2. The minimum atomic E-state index is -3.55. The number of terminal acetylenes is 1. The highest BCUT2D eigenvalue weighted by molar-refractivity contribution is 7.96. The fourth-order valence-electron chi connectivity index (χ4n) is 0.682. The minimum absolute atomic E-state index is 0.0920. The van der Waals surface area contributed by atoms with Crippen molar-refractivity contribution >= 4 is 21.4 Å². The van der Waals surface area contributed by atoms with Crippen molar-refractivity contribution in [2.24, 2.45) is 0 Å². The lowest BCUT2D eigenvalue weighted by Gasteiger charge is -1.95. The second kappa shape index (κ2) is 3.18. The minimum Gasteiger partial charge on any atom is -0.210 e. The summed E-state index contributed by atoms with van der Waals surface area (Å²) < 4.78 is 22.1. The van der Waals surface area contributed by atoms with E-state index >= 15 is 0 Å². The van der Waals surface area contributed by atoms with Gasteiger partial charge in [0, 0.05) is 10.3 Å². The van der Waals surface area contributed by atoms with Gasteiger partial charge in [-0.15, -0.1) is 6.42 Å². The second-order valence-electron chi connectivity index (χ2n) is 2.08. The molecule has 0 bridgehead atoms. The highest BCUT2D eigenvalue weighted by Crippen LogP contribution is 2.14. The lowest BCUT2D eigenvalue weighted by molar-refractivity contribution is 0.606. The average molecular weight is 201 g/mol. The van der Waals surface area contributed by atoms with Gasteiger partial charge in [0.1, 0.15) is 0 Å². The Morgan fingerprint density at radius 3 is 2.17 bits per heavy atom. The third-order valence-electron chi connectivity index (χ3n) is 1.28. The maximum Gasteiger partial charge on any atom is 0.244 e. The molecule has 0 fully saturated rings. The fraction of sp³-hybridized carbons (Fsp3) is 0. The topological polar surface area (TPSA) is 34.1 Å². The maximum absolute atomic E-state index is 11.0. The average Bonchev–Trinajstić information content (AvgIpc) is 2.05. The fourth-order valence-corrected chi connectivity index (χ4v) is 1.44. The number of sulfone groups is 1. The van der Waals surface area contributed by atoms with Crippen LogP contribution in [0.15, 0.2) is 29.2 Å². The Bertz CT molecular complexity index is 411. The first-order chi connectivity index (χ1) is 5.56. The maximum atomic E-state index is 11.0. The molecule has 62 valence electrons. The predicted molar refractivity (Wildman–Crippen MR) is 47.5 cm³/mol. The number of halogens is 1. The summed E-state index contributed by atoms with van der Waals surface area (Å²) in [7, 11) is -3.55. The molecule has 0 heterocycles. The van der Waals surface area contributed by atoms with Crippen LogP contribution in [0.3, 0.4) is 0 Å². The van der Waals surface area contributed by atoms with Crippen LogP contribution < -0.4 is 0 Å². The van der Waals surface area contributed by atoms with Gasteiger partial charge in [-0.25, -0.2) is 8.42 Å². The molecule has 0 aromatic heterocycles. The van der Waals surface area contributed by atoms with Crippen molar-refractivity contribution in [3.8, 4) is 11.7 Å². The van der Waals surface area contributed by atoms with Gasteiger partial charge >= 0.3 is 0 Å². The highest BCUT2D eigenvalue weighted by atomic mass is 35.5. The van der Waals surface area contributed by atoms with Gasteiger partial charge in [-0.2, -0.15) is 0 Å². The van der Waals surface area contributed by atoms with Gasteiger partial charge in [-0.1, -0.05) is 11.6 Å². The quantitative estimate of drug-likeness (QED) is 0.511. The second-order valence-corrected chi connectivity index (χ2v) is 4.23. The molecule has 12 heavy (non-hydrogen) atoms. The predicted octanol–water partition coefficient (Wildman–Crippen LogP) is 1.70. The monoisotopic (exact) mass is 200 g/mol. The van der Waals surface area contributed by atoms with E-state index in [0.717, 1.165) is 0 Å². The Kier molecular flexibility index (Phi) is 2.41. The molecule has 1 aromatic rings. The van der Waals surface area contributed by atoms with Crippen LogP contribution in [-0.4, -0.2) is 8.42 Å². The van der Waals surface area contributed by atoms with Gasteiger partial charge in [0.15, 0.2) is 0 Å². The zero-order valence-corrected chi connectivity index (χ0v) is 7.56. The van der Waals surface area contributed by atoms with Crippen molar-refractivity contribution in [1.29, 1.82) is 0 Å². The summed E-state index contributed by atoms with van der Waals surface area (Å²) in [5, 5.41) is 2.18. The number of hydrogen-bond donors (Lipinski definition) is 0. The Morgan fingerprint density at radius 1 is 1.25 bits per heavy atom. The van der Waals surface area contributed by atoms with Gasteiger partial charge in [0.05, 0.1) is 4.90 Å². The van der Waals surface area contributed by atoms with Crippen molar-refractivity contribution in [2.45, 2.75) is 4.90 Å². The molecular formula is C8H5ClO2S. The van der Waals surface area contributed by atoms with Crippen LogP contribution in [0.5, 0.6) is 0 Å². The van der Waals surface area contributed by atoms with Gasteiger partial charge in [-0.3, -0.25) is 0 Å². The van der Waals surface area contributed by atoms with Crippen molar-refractivity contribution in [3.05, 3.63) is 29.3 Å². The van der Waals surface area contributed by atoms with Crippen LogP contribution in [0.2, 0.25) is 5.02 Å². The smallest absolute Gasteiger partial charge is 0.210 e. The summed E-state index contributed by atoms with van der Waals surface area (Å²) in [6, 6.07) is 5.70. The SMILES string of the molecule is C#CS(=O)(=O)c1ccc(Cl)cc1. The van der Waals surface area contributed by atoms with Gasteiger partial charge in [0.25, 0.3) is 0 Å². The van der Waals surface area contributed by atoms with E-state index < -0.39 is 9.84 Å². The van der Waals surface area contributed by atoms with Crippen molar-refractivity contribution in [2.75, 3.05) is 0 Å². The Labute approximate surface area is 76.1 Å². The first-order valence-corrected chi connectivity index (χ1v) is 4.90. The lowest BCUT2D eigenvalue weighted by atomic mass is 10.4. The molecule has 0 aliphatic rings. The molecule has 0 atom stereocenters. The third-order valence-corrected chi connectivity index (χ3v) is 2.73. The zero-order valence-electron chi connectivity index (χ0n) is 5.99. The van der Waals surface area contributed by atoms with E-state index in [1.165, 1.54) is 24.3 Å². The van der Waals surface area contributed by atoms with Gasteiger partial charge in [-0.05, 0) is 24.3 Å². The summed E-state index contributed by atoms with van der Waals surface area (Å²) in [5.41, 5.74) is 0. The molecule has 0 aliphatic heterocycles. The summed E-state index contributed by atoms with van der Waals surface area (Å²) in [4.78, 5) is 0.0920.